The molecule has 0 unspecified atom stereocenters. The second-order valence-corrected chi connectivity index (χ2v) is 4.34. The van der Waals surface area contributed by atoms with Crippen LogP contribution >= 0.6 is 0 Å². The van der Waals surface area contributed by atoms with Crippen molar-refractivity contribution in [3.63, 3.8) is 0 Å². The SMILES string of the molecule is CNC(C)(C)c1cccc(C(C)(F)F)c1. The van der Waals surface area contributed by atoms with E-state index >= 15 is 0 Å². The fourth-order valence-corrected chi connectivity index (χ4v) is 1.33. The van der Waals surface area contributed by atoms with Gasteiger partial charge in [0, 0.05) is 18.0 Å². The molecule has 1 aromatic carbocycles. The van der Waals surface area contributed by atoms with Crippen LogP contribution in [0.3, 0.4) is 0 Å². The molecular formula is C12H17F2N. The van der Waals surface area contributed by atoms with Crippen molar-refractivity contribution in [3.05, 3.63) is 35.4 Å². The molecule has 1 aromatic rings. The molecule has 15 heavy (non-hydrogen) atoms. The molecule has 0 heterocycles. The fourth-order valence-electron chi connectivity index (χ4n) is 1.33. The summed E-state index contributed by atoms with van der Waals surface area (Å²) in [7, 11) is 1.82. The van der Waals surface area contributed by atoms with E-state index in [4.69, 9.17) is 0 Å². The quantitative estimate of drug-likeness (QED) is 0.812. The van der Waals surface area contributed by atoms with E-state index in [9.17, 15) is 8.78 Å². The minimum absolute atomic E-state index is 0.0586. The van der Waals surface area contributed by atoms with Crippen LogP contribution in [0.2, 0.25) is 0 Å². The molecule has 0 aliphatic carbocycles. The summed E-state index contributed by atoms with van der Waals surface area (Å²) in [4.78, 5) is 0. The van der Waals surface area contributed by atoms with Gasteiger partial charge in [-0.05, 0) is 32.5 Å². The first kappa shape index (κ1) is 12.1. The van der Waals surface area contributed by atoms with Crippen molar-refractivity contribution in [2.24, 2.45) is 0 Å². The minimum Gasteiger partial charge on any atom is -0.311 e. The summed E-state index contributed by atoms with van der Waals surface area (Å²) in [6.45, 7) is 4.83. The van der Waals surface area contributed by atoms with Crippen molar-refractivity contribution in [2.45, 2.75) is 32.2 Å². The highest BCUT2D eigenvalue weighted by Gasteiger charge is 2.26. The lowest BCUT2D eigenvalue weighted by molar-refractivity contribution is 0.0173. The average molecular weight is 213 g/mol. The molecule has 0 radical (unpaired) electrons. The monoisotopic (exact) mass is 213 g/mol. The molecule has 0 fully saturated rings. The third kappa shape index (κ3) is 2.75. The molecule has 1 rings (SSSR count). The topological polar surface area (TPSA) is 12.0 Å². The summed E-state index contributed by atoms with van der Waals surface area (Å²) in [6, 6.07) is 6.53. The van der Waals surface area contributed by atoms with Crippen LogP contribution in [0.5, 0.6) is 0 Å². The van der Waals surface area contributed by atoms with Gasteiger partial charge in [0.2, 0.25) is 0 Å². The normalized spacial score (nSPS) is 12.9. The van der Waals surface area contributed by atoms with Crippen LogP contribution in [0.4, 0.5) is 8.78 Å². The number of nitrogens with one attached hydrogen (secondary N) is 1. The molecule has 1 nitrogen and oxygen atoms in total. The maximum Gasteiger partial charge on any atom is 0.270 e. The lowest BCUT2D eigenvalue weighted by Crippen LogP contribution is -2.33. The van der Waals surface area contributed by atoms with Gasteiger partial charge in [-0.3, -0.25) is 0 Å². The molecule has 0 spiro atoms. The van der Waals surface area contributed by atoms with E-state index in [0.29, 0.717) is 0 Å². The summed E-state index contributed by atoms with van der Waals surface area (Å²) in [5, 5.41) is 3.09. The first-order valence-corrected chi connectivity index (χ1v) is 4.95. The average Bonchev–Trinajstić information content (AvgIpc) is 2.17. The van der Waals surface area contributed by atoms with Gasteiger partial charge in [-0.2, -0.15) is 0 Å². The molecule has 0 aromatic heterocycles. The van der Waals surface area contributed by atoms with Crippen molar-refractivity contribution >= 4 is 0 Å². The van der Waals surface area contributed by atoms with Gasteiger partial charge in [-0.25, -0.2) is 8.78 Å². The lowest BCUT2D eigenvalue weighted by atomic mass is 9.92. The van der Waals surface area contributed by atoms with E-state index < -0.39 is 5.92 Å². The van der Waals surface area contributed by atoms with Crippen molar-refractivity contribution in [1.82, 2.24) is 5.32 Å². The highest BCUT2D eigenvalue weighted by molar-refractivity contribution is 5.30. The summed E-state index contributed by atoms with van der Waals surface area (Å²) >= 11 is 0. The Labute approximate surface area is 89.5 Å². The van der Waals surface area contributed by atoms with Crippen molar-refractivity contribution < 1.29 is 8.78 Å². The maximum absolute atomic E-state index is 13.1. The summed E-state index contributed by atoms with van der Waals surface area (Å²) < 4.78 is 26.2. The first-order valence-electron chi connectivity index (χ1n) is 4.95. The van der Waals surface area contributed by atoms with Crippen molar-refractivity contribution in [3.8, 4) is 0 Å². The summed E-state index contributed by atoms with van der Waals surface area (Å²) in [6.07, 6.45) is 0. The molecule has 0 atom stereocenters. The minimum atomic E-state index is -2.78. The van der Waals surface area contributed by atoms with Gasteiger partial charge in [0.1, 0.15) is 0 Å². The zero-order valence-electron chi connectivity index (χ0n) is 9.57. The fraction of sp³-hybridized carbons (Fsp3) is 0.500. The smallest absolute Gasteiger partial charge is 0.270 e. The molecule has 3 heteroatoms. The number of hydrogen-bond acceptors (Lipinski definition) is 1. The molecule has 0 aliphatic heterocycles. The number of benzene rings is 1. The molecule has 0 amide bonds. The third-order valence-electron chi connectivity index (χ3n) is 2.72. The second kappa shape index (κ2) is 3.89. The number of alkyl halides is 2. The number of halogens is 2. The van der Waals surface area contributed by atoms with Gasteiger partial charge in [0.15, 0.2) is 0 Å². The highest BCUT2D eigenvalue weighted by atomic mass is 19.3. The van der Waals surface area contributed by atoms with E-state index in [1.165, 1.54) is 6.07 Å². The van der Waals surface area contributed by atoms with Crippen LogP contribution in [-0.2, 0) is 11.5 Å². The lowest BCUT2D eigenvalue weighted by Gasteiger charge is -2.25. The van der Waals surface area contributed by atoms with Gasteiger partial charge >= 0.3 is 0 Å². The van der Waals surface area contributed by atoms with Crippen LogP contribution in [0.1, 0.15) is 31.9 Å². The maximum atomic E-state index is 13.1. The van der Waals surface area contributed by atoms with E-state index in [1.54, 1.807) is 12.1 Å². The van der Waals surface area contributed by atoms with E-state index in [-0.39, 0.29) is 11.1 Å². The molecular weight excluding hydrogens is 196 g/mol. The van der Waals surface area contributed by atoms with E-state index in [2.05, 4.69) is 5.32 Å². The molecule has 0 saturated carbocycles. The predicted octanol–water partition coefficient (Wildman–Crippen LogP) is 3.25. The highest BCUT2D eigenvalue weighted by Crippen LogP contribution is 2.30. The van der Waals surface area contributed by atoms with Gasteiger partial charge < -0.3 is 5.32 Å². The van der Waals surface area contributed by atoms with Gasteiger partial charge in [0.25, 0.3) is 5.92 Å². The molecule has 0 aliphatic rings. The van der Waals surface area contributed by atoms with Crippen LogP contribution in [-0.4, -0.2) is 7.05 Å². The predicted molar refractivity (Wildman–Crippen MR) is 58.1 cm³/mol. The van der Waals surface area contributed by atoms with Crippen LogP contribution < -0.4 is 5.32 Å². The Kier molecular flexibility index (Phi) is 3.14. The Morgan fingerprint density at radius 1 is 1.07 bits per heavy atom. The Hall–Kier alpha value is -0.960. The van der Waals surface area contributed by atoms with E-state index in [1.807, 2.05) is 27.0 Å². The Morgan fingerprint density at radius 2 is 1.60 bits per heavy atom. The zero-order valence-corrected chi connectivity index (χ0v) is 9.57. The Bertz CT molecular complexity index is 340. The number of hydrogen-bond donors (Lipinski definition) is 1. The molecule has 84 valence electrons. The van der Waals surface area contributed by atoms with Crippen LogP contribution in [0.15, 0.2) is 24.3 Å². The Morgan fingerprint density at radius 3 is 2.07 bits per heavy atom. The zero-order chi connectivity index (χ0) is 11.7. The second-order valence-electron chi connectivity index (χ2n) is 4.34. The first-order chi connectivity index (χ1) is 6.77. The summed E-state index contributed by atoms with van der Waals surface area (Å²) in [5.41, 5.74) is 0.633. The van der Waals surface area contributed by atoms with Crippen LogP contribution in [0.25, 0.3) is 0 Å². The van der Waals surface area contributed by atoms with Gasteiger partial charge in [-0.1, -0.05) is 18.2 Å². The van der Waals surface area contributed by atoms with Gasteiger partial charge in [-0.15, -0.1) is 0 Å². The Balaban J connectivity index is 3.14. The number of rotatable bonds is 3. The van der Waals surface area contributed by atoms with Crippen LogP contribution in [0, 0.1) is 0 Å². The molecule has 0 saturated heterocycles. The standard InChI is InChI=1S/C12H17F2N/c1-11(2,15-4)9-6-5-7-10(8-9)12(3,13)14/h5-8,15H,1-4H3. The van der Waals surface area contributed by atoms with Crippen molar-refractivity contribution in [1.29, 1.82) is 0 Å². The molecule has 0 bridgehead atoms. The van der Waals surface area contributed by atoms with Gasteiger partial charge in [0.05, 0.1) is 0 Å². The van der Waals surface area contributed by atoms with E-state index in [0.717, 1.165) is 12.5 Å². The third-order valence-corrected chi connectivity index (χ3v) is 2.72. The van der Waals surface area contributed by atoms with Crippen molar-refractivity contribution in [2.75, 3.05) is 7.05 Å². The largest absolute Gasteiger partial charge is 0.311 e. The summed E-state index contributed by atoms with van der Waals surface area (Å²) in [5.74, 6) is -2.78. The molecule has 1 N–H and O–H groups in total.